The Kier molecular flexibility index (Phi) is 6.69. The molecule has 5 heteroatoms. The van der Waals surface area contributed by atoms with Gasteiger partial charge in [0.15, 0.2) is 0 Å². The third-order valence-corrected chi connectivity index (χ3v) is 7.68. The van der Waals surface area contributed by atoms with E-state index in [1.807, 2.05) is 35.2 Å². The summed E-state index contributed by atoms with van der Waals surface area (Å²) >= 11 is 0. The molecule has 176 valence electrons. The lowest BCUT2D eigenvalue weighted by molar-refractivity contribution is -0.168. The molecule has 2 amide bonds. The number of amides is 2. The van der Waals surface area contributed by atoms with E-state index in [1.54, 1.807) is 4.90 Å². The highest BCUT2D eigenvalue weighted by molar-refractivity contribution is 5.88. The first-order valence-corrected chi connectivity index (χ1v) is 12.5. The normalized spacial score (nSPS) is 24.6. The largest absolute Gasteiger partial charge is 0.394 e. The number of carbonyl (C=O) groups excluding carboxylic acids is 2. The van der Waals surface area contributed by atoms with E-state index in [0.717, 1.165) is 36.8 Å². The predicted molar refractivity (Wildman–Crippen MR) is 131 cm³/mol. The van der Waals surface area contributed by atoms with Gasteiger partial charge < -0.3 is 14.9 Å². The molecule has 3 atom stereocenters. The second kappa shape index (κ2) is 10.0. The summed E-state index contributed by atoms with van der Waals surface area (Å²) in [5.41, 5.74) is 3.24. The number of rotatable bonds is 4. The topological polar surface area (TPSA) is 60.9 Å². The Morgan fingerprint density at radius 3 is 2.44 bits per heavy atom. The zero-order valence-electron chi connectivity index (χ0n) is 19.5. The summed E-state index contributed by atoms with van der Waals surface area (Å²) in [7, 11) is 0. The zero-order valence-corrected chi connectivity index (χ0v) is 19.5. The van der Waals surface area contributed by atoms with E-state index < -0.39 is 0 Å². The second-order valence-electron chi connectivity index (χ2n) is 9.78. The van der Waals surface area contributed by atoms with Gasteiger partial charge in [-0.25, -0.2) is 0 Å². The van der Waals surface area contributed by atoms with Gasteiger partial charge in [0, 0.05) is 30.4 Å². The standard InChI is InChI=1S/C29H32N2O3/c32-20-26-28(23-16-14-22(15-17-23)11-7-10-21-8-3-1-4-9-21)25-18-30(19-27(33)31(25)26)29(34)24-12-5-2-6-13-24/h1,3-4,8-9,14-17,24-26,28,32H,2,5-6,10,12-13,18-20H2/t25-,26-,28+/m1/s1. The lowest BCUT2D eigenvalue weighted by atomic mass is 9.73. The molecule has 1 N–H and O–H groups in total. The van der Waals surface area contributed by atoms with Crippen molar-refractivity contribution in [2.24, 2.45) is 5.92 Å². The highest BCUT2D eigenvalue weighted by Crippen LogP contribution is 2.43. The van der Waals surface area contributed by atoms with Crippen LogP contribution in [-0.4, -0.2) is 58.5 Å². The van der Waals surface area contributed by atoms with Gasteiger partial charge in [-0.2, -0.15) is 0 Å². The van der Waals surface area contributed by atoms with Crippen LogP contribution < -0.4 is 0 Å². The maximum absolute atomic E-state index is 13.1. The van der Waals surface area contributed by atoms with Gasteiger partial charge in [0.25, 0.3) is 0 Å². The molecule has 1 saturated carbocycles. The number of nitrogens with zero attached hydrogens (tertiary/aromatic N) is 2. The Labute approximate surface area is 201 Å². The van der Waals surface area contributed by atoms with Crippen LogP contribution in [0.5, 0.6) is 0 Å². The monoisotopic (exact) mass is 456 g/mol. The number of fused-ring (bicyclic) bond motifs is 1. The van der Waals surface area contributed by atoms with Crippen LogP contribution in [0, 0.1) is 17.8 Å². The van der Waals surface area contributed by atoms with Gasteiger partial charge in [0.1, 0.15) is 0 Å². The predicted octanol–water partition coefficient (Wildman–Crippen LogP) is 3.36. The Morgan fingerprint density at radius 1 is 1.00 bits per heavy atom. The molecule has 2 aromatic rings. The van der Waals surface area contributed by atoms with Crippen molar-refractivity contribution in [2.75, 3.05) is 19.7 Å². The van der Waals surface area contributed by atoms with Gasteiger partial charge in [-0.15, -0.1) is 0 Å². The lowest BCUT2D eigenvalue weighted by Crippen LogP contribution is -2.73. The third-order valence-electron chi connectivity index (χ3n) is 7.68. The second-order valence-corrected chi connectivity index (χ2v) is 9.78. The van der Waals surface area contributed by atoms with E-state index in [4.69, 9.17) is 0 Å². The van der Waals surface area contributed by atoms with Crippen LogP contribution in [0.2, 0.25) is 0 Å². The molecule has 0 spiro atoms. The Hall–Kier alpha value is -3.10. The van der Waals surface area contributed by atoms with Crippen molar-refractivity contribution < 1.29 is 14.7 Å². The first-order chi connectivity index (χ1) is 16.7. The molecule has 1 aliphatic carbocycles. The van der Waals surface area contributed by atoms with E-state index in [-0.39, 0.29) is 48.9 Å². The van der Waals surface area contributed by atoms with Crippen molar-refractivity contribution in [3.63, 3.8) is 0 Å². The molecule has 5 nitrogen and oxygen atoms in total. The molecule has 0 radical (unpaired) electrons. The molecular formula is C29H32N2O3. The van der Waals surface area contributed by atoms with Gasteiger partial charge in [-0.3, -0.25) is 9.59 Å². The fourth-order valence-electron chi connectivity index (χ4n) is 5.91. The number of carbonyl (C=O) groups is 2. The Morgan fingerprint density at radius 2 is 1.74 bits per heavy atom. The maximum Gasteiger partial charge on any atom is 0.242 e. The lowest BCUT2D eigenvalue weighted by Gasteiger charge is -2.59. The van der Waals surface area contributed by atoms with E-state index >= 15 is 0 Å². The van der Waals surface area contributed by atoms with Crippen molar-refractivity contribution in [3.8, 4) is 11.8 Å². The molecule has 3 fully saturated rings. The quantitative estimate of drug-likeness (QED) is 0.718. The summed E-state index contributed by atoms with van der Waals surface area (Å²) in [5, 5.41) is 10.0. The SMILES string of the molecule is O=C(C1CCCCC1)N1CC(=O)N2[C@H](CO)[C@@H](c3ccc(C#CCc4ccccc4)cc3)[C@H]2C1. The van der Waals surface area contributed by atoms with E-state index in [9.17, 15) is 14.7 Å². The molecule has 2 saturated heterocycles. The van der Waals surface area contributed by atoms with E-state index in [1.165, 1.54) is 12.0 Å². The van der Waals surface area contributed by atoms with Crippen LogP contribution in [0.4, 0.5) is 0 Å². The van der Waals surface area contributed by atoms with E-state index in [2.05, 4.69) is 36.1 Å². The summed E-state index contributed by atoms with van der Waals surface area (Å²) in [6, 6.07) is 18.0. The van der Waals surface area contributed by atoms with Gasteiger partial charge in [-0.05, 0) is 36.1 Å². The summed E-state index contributed by atoms with van der Waals surface area (Å²) in [6.07, 6.45) is 5.99. The van der Waals surface area contributed by atoms with Crippen molar-refractivity contribution >= 4 is 11.8 Å². The molecule has 5 rings (SSSR count). The number of hydrogen-bond acceptors (Lipinski definition) is 3. The number of aliphatic hydroxyl groups excluding tert-OH is 1. The van der Waals surface area contributed by atoms with Crippen LogP contribution in [0.3, 0.4) is 0 Å². The van der Waals surface area contributed by atoms with E-state index in [0.29, 0.717) is 13.0 Å². The fraction of sp³-hybridized carbons (Fsp3) is 0.448. The van der Waals surface area contributed by atoms with Crippen LogP contribution in [0.15, 0.2) is 54.6 Å². The third kappa shape index (κ3) is 4.48. The van der Waals surface area contributed by atoms with Crippen molar-refractivity contribution in [1.82, 2.24) is 9.80 Å². The number of benzene rings is 2. The zero-order chi connectivity index (χ0) is 23.5. The van der Waals surface area contributed by atoms with Crippen molar-refractivity contribution in [3.05, 3.63) is 71.3 Å². The smallest absolute Gasteiger partial charge is 0.242 e. The first-order valence-electron chi connectivity index (χ1n) is 12.5. The molecule has 0 bridgehead atoms. The van der Waals surface area contributed by atoms with Gasteiger partial charge >= 0.3 is 0 Å². The fourth-order valence-corrected chi connectivity index (χ4v) is 5.91. The van der Waals surface area contributed by atoms with Gasteiger partial charge in [0.05, 0.1) is 25.2 Å². The number of hydrogen-bond donors (Lipinski definition) is 1. The Balaban J connectivity index is 1.28. The first kappa shape index (κ1) is 22.7. The molecule has 3 aliphatic rings. The minimum atomic E-state index is -0.223. The van der Waals surface area contributed by atoms with Crippen LogP contribution in [0.25, 0.3) is 0 Å². The average molecular weight is 457 g/mol. The molecule has 2 aliphatic heterocycles. The summed E-state index contributed by atoms with van der Waals surface area (Å²) in [6.45, 7) is 0.633. The summed E-state index contributed by atoms with van der Waals surface area (Å²) in [5.74, 6) is 6.65. The van der Waals surface area contributed by atoms with Crippen LogP contribution in [-0.2, 0) is 16.0 Å². The van der Waals surface area contributed by atoms with Gasteiger partial charge in [0.2, 0.25) is 11.8 Å². The summed E-state index contributed by atoms with van der Waals surface area (Å²) < 4.78 is 0. The van der Waals surface area contributed by atoms with Gasteiger partial charge in [-0.1, -0.05) is 73.6 Å². The molecule has 0 unspecified atom stereocenters. The maximum atomic E-state index is 13.1. The average Bonchev–Trinajstić information content (AvgIpc) is 2.87. The Bertz CT molecular complexity index is 1080. The molecular weight excluding hydrogens is 424 g/mol. The molecule has 2 heterocycles. The highest BCUT2D eigenvalue weighted by Gasteiger charge is 2.54. The van der Waals surface area contributed by atoms with Crippen LogP contribution >= 0.6 is 0 Å². The number of piperazine rings is 1. The minimum Gasteiger partial charge on any atom is -0.394 e. The molecule has 0 aromatic heterocycles. The highest BCUT2D eigenvalue weighted by atomic mass is 16.3. The van der Waals surface area contributed by atoms with Crippen molar-refractivity contribution in [1.29, 1.82) is 0 Å². The summed E-state index contributed by atoms with van der Waals surface area (Å²) in [4.78, 5) is 29.6. The molecule has 2 aromatic carbocycles. The van der Waals surface area contributed by atoms with Crippen LogP contribution in [0.1, 0.15) is 54.7 Å². The molecule has 34 heavy (non-hydrogen) atoms. The van der Waals surface area contributed by atoms with Crippen molar-refractivity contribution in [2.45, 2.75) is 56.5 Å². The minimum absolute atomic E-state index is 0.0298. The number of aliphatic hydroxyl groups is 1.